The fourth-order valence-corrected chi connectivity index (χ4v) is 1.83. The van der Waals surface area contributed by atoms with Gasteiger partial charge in [0.05, 0.1) is 5.56 Å². The first-order valence-electron chi connectivity index (χ1n) is 4.97. The molecule has 0 saturated carbocycles. The number of carboxylic acids is 1. The lowest BCUT2D eigenvalue weighted by molar-refractivity contribution is 0.0697. The maximum Gasteiger partial charge on any atom is 0.335 e. The Morgan fingerprint density at radius 3 is 2.56 bits per heavy atom. The van der Waals surface area contributed by atoms with Gasteiger partial charge in [-0.2, -0.15) is 0 Å². The Morgan fingerprint density at radius 1 is 1.17 bits per heavy atom. The van der Waals surface area contributed by atoms with Gasteiger partial charge in [-0.15, -0.1) is 0 Å². The second-order valence-corrected chi connectivity index (χ2v) is 4.07. The first-order chi connectivity index (χ1) is 8.49. The van der Waals surface area contributed by atoms with E-state index in [4.69, 9.17) is 16.7 Å². The predicted octanol–water partition coefficient (Wildman–Crippen LogP) is 3.98. The highest BCUT2D eigenvalue weighted by Gasteiger charge is 2.13. The van der Waals surface area contributed by atoms with Gasteiger partial charge in [-0.1, -0.05) is 23.7 Å². The molecule has 1 N–H and O–H groups in total. The molecule has 0 amide bonds. The third kappa shape index (κ3) is 2.33. The molecule has 0 heterocycles. The van der Waals surface area contributed by atoms with Crippen LogP contribution in [-0.2, 0) is 0 Å². The van der Waals surface area contributed by atoms with Gasteiger partial charge in [0.15, 0.2) is 11.6 Å². The van der Waals surface area contributed by atoms with Crippen molar-refractivity contribution in [1.29, 1.82) is 0 Å². The smallest absolute Gasteiger partial charge is 0.335 e. The van der Waals surface area contributed by atoms with E-state index in [1.165, 1.54) is 30.3 Å². The van der Waals surface area contributed by atoms with Crippen LogP contribution in [0.4, 0.5) is 8.78 Å². The van der Waals surface area contributed by atoms with E-state index in [1.54, 1.807) is 0 Å². The van der Waals surface area contributed by atoms with Crippen LogP contribution in [0.25, 0.3) is 11.1 Å². The zero-order chi connectivity index (χ0) is 13.3. The van der Waals surface area contributed by atoms with Gasteiger partial charge in [0.25, 0.3) is 0 Å². The first kappa shape index (κ1) is 12.5. The number of benzene rings is 2. The third-order valence-electron chi connectivity index (χ3n) is 2.41. The topological polar surface area (TPSA) is 37.3 Å². The highest BCUT2D eigenvalue weighted by molar-refractivity contribution is 6.31. The van der Waals surface area contributed by atoms with Gasteiger partial charge in [-0.25, -0.2) is 13.6 Å². The van der Waals surface area contributed by atoms with E-state index in [2.05, 4.69) is 0 Å². The summed E-state index contributed by atoms with van der Waals surface area (Å²) in [7, 11) is 0. The molecule has 0 aromatic heterocycles. The molecule has 18 heavy (non-hydrogen) atoms. The van der Waals surface area contributed by atoms with Crippen LogP contribution >= 0.6 is 11.6 Å². The second-order valence-electron chi connectivity index (χ2n) is 3.64. The van der Waals surface area contributed by atoms with Gasteiger partial charge < -0.3 is 5.11 Å². The summed E-state index contributed by atoms with van der Waals surface area (Å²) in [6.45, 7) is 0. The van der Waals surface area contributed by atoms with Crippen LogP contribution in [0, 0.1) is 11.6 Å². The third-order valence-corrected chi connectivity index (χ3v) is 2.63. The minimum absolute atomic E-state index is 0.0278. The Kier molecular flexibility index (Phi) is 3.30. The minimum atomic E-state index is -1.18. The van der Waals surface area contributed by atoms with Crippen LogP contribution in [0.2, 0.25) is 5.02 Å². The number of aromatic carboxylic acids is 1. The monoisotopic (exact) mass is 268 g/mol. The van der Waals surface area contributed by atoms with Crippen LogP contribution in [-0.4, -0.2) is 11.1 Å². The molecule has 2 aromatic carbocycles. The lowest BCUT2D eigenvalue weighted by Crippen LogP contribution is -1.97. The van der Waals surface area contributed by atoms with Crippen molar-refractivity contribution in [2.75, 3.05) is 0 Å². The largest absolute Gasteiger partial charge is 0.478 e. The van der Waals surface area contributed by atoms with Crippen molar-refractivity contribution < 1.29 is 18.7 Å². The highest BCUT2D eigenvalue weighted by Crippen LogP contribution is 2.28. The molecular weight excluding hydrogens is 262 g/mol. The Bertz CT molecular complexity index is 626. The Balaban J connectivity index is 2.64. The maximum absolute atomic E-state index is 13.6. The molecule has 0 saturated heterocycles. The molecule has 0 atom stereocenters. The van der Waals surface area contributed by atoms with Gasteiger partial charge in [0.1, 0.15) is 0 Å². The predicted molar refractivity (Wildman–Crippen MR) is 63.8 cm³/mol. The quantitative estimate of drug-likeness (QED) is 0.894. The van der Waals surface area contributed by atoms with Crippen molar-refractivity contribution >= 4 is 17.6 Å². The Labute approximate surface area is 106 Å². The molecule has 0 spiro atoms. The number of rotatable bonds is 2. The van der Waals surface area contributed by atoms with Gasteiger partial charge >= 0.3 is 5.97 Å². The molecular formula is C13H7ClF2O2. The summed E-state index contributed by atoms with van der Waals surface area (Å²) in [6.07, 6.45) is 0. The summed E-state index contributed by atoms with van der Waals surface area (Å²) in [6, 6.07) is 7.55. The van der Waals surface area contributed by atoms with Crippen molar-refractivity contribution in [2.24, 2.45) is 0 Å². The van der Waals surface area contributed by atoms with Crippen molar-refractivity contribution in [2.45, 2.75) is 0 Å². The molecule has 0 aliphatic rings. The average Bonchev–Trinajstić information content (AvgIpc) is 2.31. The van der Waals surface area contributed by atoms with Crippen LogP contribution < -0.4 is 0 Å². The van der Waals surface area contributed by atoms with E-state index >= 15 is 0 Å². The number of carboxylic acid groups (broad SMARTS) is 1. The summed E-state index contributed by atoms with van der Waals surface area (Å²) in [4.78, 5) is 10.9. The van der Waals surface area contributed by atoms with Crippen LogP contribution in [0.15, 0.2) is 36.4 Å². The Morgan fingerprint density at radius 2 is 1.89 bits per heavy atom. The number of carbonyl (C=O) groups is 1. The lowest BCUT2D eigenvalue weighted by Gasteiger charge is -2.06. The van der Waals surface area contributed by atoms with Crippen LogP contribution in [0.5, 0.6) is 0 Å². The molecule has 0 fully saturated rings. The zero-order valence-electron chi connectivity index (χ0n) is 8.95. The summed E-state index contributed by atoms with van der Waals surface area (Å²) in [5, 5.41) is 9.02. The van der Waals surface area contributed by atoms with Gasteiger partial charge in [-0.05, 0) is 29.8 Å². The van der Waals surface area contributed by atoms with E-state index in [0.717, 1.165) is 6.07 Å². The van der Waals surface area contributed by atoms with E-state index in [-0.39, 0.29) is 21.7 Å². The van der Waals surface area contributed by atoms with Gasteiger partial charge in [0.2, 0.25) is 0 Å². The average molecular weight is 269 g/mol. The summed E-state index contributed by atoms with van der Waals surface area (Å²) >= 11 is 5.76. The molecule has 92 valence electrons. The molecule has 5 heteroatoms. The molecule has 0 unspecified atom stereocenters. The van der Waals surface area contributed by atoms with Crippen molar-refractivity contribution in [3.63, 3.8) is 0 Å². The maximum atomic E-state index is 13.6. The SMILES string of the molecule is O=C(O)c1cc(Cl)cc(-c2cccc(F)c2F)c1. The van der Waals surface area contributed by atoms with Gasteiger partial charge in [0, 0.05) is 10.6 Å². The molecule has 0 aliphatic heterocycles. The van der Waals surface area contributed by atoms with E-state index in [1.807, 2.05) is 0 Å². The van der Waals surface area contributed by atoms with Crippen molar-refractivity contribution in [1.82, 2.24) is 0 Å². The summed E-state index contributed by atoms with van der Waals surface area (Å²) in [5.74, 6) is -3.21. The van der Waals surface area contributed by atoms with E-state index in [9.17, 15) is 13.6 Å². The highest BCUT2D eigenvalue weighted by atomic mass is 35.5. The number of hydrogen-bond acceptors (Lipinski definition) is 1. The standard InChI is InChI=1S/C13H7ClF2O2/c14-9-5-7(4-8(6-9)13(17)18)10-2-1-3-11(15)12(10)16/h1-6H,(H,17,18). The molecule has 2 aromatic rings. The van der Waals surface area contributed by atoms with Crippen LogP contribution in [0.3, 0.4) is 0 Å². The lowest BCUT2D eigenvalue weighted by atomic mass is 10.0. The fourth-order valence-electron chi connectivity index (χ4n) is 1.60. The molecule has 0 aliphatic carbocycles. The first-order valence-corrected chi connectivity index (χ1v) is 5.35. The van der Waals surface area contributed by atoms with E-state index < -0.39 is 17.6 Å². The Hall–Kier alpha value is -1.94. The van der Waals surface area contributed by atoms with Crippen LogP contribution in [0.1, 0.15) is 10.4 Å². The summed E-state index contributed by atoms with van der Waals surface area (Å²) in [5.41, 5.74) is 0.109. The summed E-state index contributed by atoms with van der Waals surface area (Å²) < 4.78 is 26.7. The van der Waals surface area contributed by atoms with Gasteiger partial charge in [-0.3, -0.25) is 0 Å². The van der Waals surface area contributed by atoms with Crippen molar-refractivity contribution in [3.8, 4) is 11.1 Å². The van der Waals surface area contributed by atoms with Crippen molar-refractivity contribution in [3.05, 3.63) is 58.6 Å². The number of halogens is 3. The molecule has 0 radical (unpaired) electrons. The van der Waals surface area contributed by atoms with E-state index in [0.29, 0.717) is 0 Å². The zero-order valence-corrected chi connectivity index (χ0v) is 9.71. The molecule has 0 bridgehead atoms. The molecule has 2 nitrogen and oxygen atoms in total. The molecule has 2 rings (SSSR count). The normalized spacial score (nSPS) is 10.4. The minimum Gasteiger partial charge on any atom is -0.478 e. The number of hydrogen-bond donors (Lipinski definition) is 1. The fraction of sp³-hybridized carbons (Fsp3) is 0. The second kappa shape index (κ2) is 4.74.